The largest absolute Gasteiger partial charge is 0.504 e. The Morgan fingerprint density at radius 2 is 0.984 bits per heavy atom. The molecule has 18 nitrogen and oxygen atoms in total. The van der Waals surface area contributed by atoms with Crippen molar-refractivity contribution in [2.45, 2.75) is 160 Å². The highest BCUT2D eigenvalue weighted by Crippen LogP contribution is 2.66. The van der Waals surface area contributed by atoms with Gasteiger partial charge in [0.25, 0.3) is 0 Å². The summed E-state index contributed by atoms with van der Waals surface area (Å²) < 4.78 is 36.6. The fourth-order valence-corrected chi connectivity index (χ4v) is 14.4. The number of hydrogen-bond acceptors (Lipinski definition) is 18. The van der Waals surface area contributed by atoms with Crippen LogP contribution in [0.25, 0.3) is 0 Å². The van der Waals surface area contributed by atoms with Crippen LogP contribution in [0.1, 0.15) is 60.8 Å². The topological polar surface area (TPSA) is 264 Å². The average Bonchev–Trinajstić information content (AvgIpc) is 3.84. The van der Waals surface area contributed by atoms with Crippen LogP contribution in [0.15, 0.2) is 24.3 Å². The maximum Gasteiger partial charge on any atom is 0.187 e. The van der Waals surface area contributed by atoms with Crippen LogP contribution >= 0.6 is 0 Å². The smallest absolute Gasteiger partial charge is 0.187 e. The maximum atomic E-state index is 10.6. The summed E-state index contributed by atoms with van der Waals surface area (Å²) >= 11 is 0. The summed E-state index contributed by atoms with van der Waals surface area (Å²) in [6.07, 6.45) is -7.95. The second-order valence-electron chi connectivity index (χ2n) is 20.2. The Morgan fingerprint density at radius 3 is 1.38 bits per heavy atom. The minimum atomic E-state index is -1.49. The van der Waals surface area contributed by atoms with E-state index in [0.29, 0.717) is 48.3 Å². The monoisotopic (exact) mass is 898 g/mol. The molecule has 0 aromatic heterocycles. The molecule has 10 N–H and O–H groups in total. The fourth-order valence-electron chi connectivity index (χ4n) is 14.4. The molecule has 0 radical (unpaired) electrons. The number of benzene rings is 2. The first-order valence-corrected chi connectivity index (χ1v) is 23.1. The highest BCUT2D eigenvalue weighted by atomic mass is 16.7. The Balaban J connectivity index is 0.000000143. The van der Waals surface area contributed by atoms with Crippen LogP contribution < -0.4 is 9.47 Å². The van der Waals surface area contributed by atoms with Crippen LogP contribution in [0.2, 0.25) is 0 Å². The third-order valence-electron chi connectivity index (χ3n) is 17.4. The Hall–Kier alpha value is -2.92. The SMILES string of the molecule is CN1CC[C@]23c4c5ccc(O)c4O[C@H]2[C@@H](OC2O[C@H](CO)[C@@H](O)[C@H](O)[C@H]2O)CC[C@H]3[C@H]1C5.CN1CC[C@]23c4c5ccc(O)c4O[C@H]2[C@@H](OC2O[C@H](CO)[C@@H](O)[C@H](O)[C@H]2O)CC[C@H]3[C@H]1C5. The predicted molar refractivity (Wildman–Crippen MR) is 221 cm³/mol. The van der Waals surface area contributed by atoms with Crippen LogP contribution in [0.3, 0.4) is 0 Å². The molecule has 2 saturated carbocycles. The molecule has 6 fully saturated rings. The third-order valence-corrected chi connectivity index (χ3v) is 17.4. The Morgan fingerprint density at radius 1 is 0.578 bits per heavy atom. The lowest BCUT2D eigenvalue weighted by atomic mass is 9.51. The Bertz CT molecular complexity index is 1970. The van der Waals surface area contributed by atoms with Crippen LogP contribution in [0, 0.1) is 11.8 Å². The van der Waals surface area contributed by atoms with Crippen molar-refractivity contribution in [2.75, 3.05) is 40.4 Å². The Labute approximate surface area is 370 Å². The zero-order chi connectivity index (χ0) is 44.7. The number of phenols is 2. The molecule has 2 aromatic carbocycles. The number of piperidine rings is 2. The first-order chi connectivity index (χ1) is 30.7. The van der Waals surface area contributed by atoms with Crippen molar-refractivity contribution in [3.8, 4) is 23.0 Å². The summed E-state index contributed by atoms with van der Waals surface area (Å²) in [5, 5.41) is 102. The van der Waals surface area contributed by atoms with Crippen LogP contribution in [-0.4, -0.2) is 199 Å². The van der Waals surface area contributed by atoms with Gasteiger partial charge in [-0.25, -0.2) is 0 Å². The number of aliphatic hydroxyl groups is 8. The summed E-state index contributed by atoms with van der Waals surface area (Å²) in [7, 11) is 4.34. The number of rotatable bonds is 6. The first-order valence-electron chi connectivity index (χ1n) is 23.1. The van der Waals surface area contributed by atoms with Gasteiger partial charge in [-0.2, -0.15) is 0 Å². The van der Waals surface area contributed by atoms with Gasteiger partial charge < -0.3 is 89.3 Å². The average molecular weight is 899 g/mol. The molecule has 6 heterocycles. The molecule has 64 heavy (non-hydrogen) atoms. The van der Waals surface area contributed by atoms with E-state index in [0.717, 1.165) is 62.7 Å². The molecule has 4 bridgehead atoms. The molecule has 2 unspecified atom stereocenters. The van der Waals surface area contributed by atoms with Crippen molar-refractivity contribution in [2.24, 2.45) is 11.8 Å². The molecule has 18 heteroatoms. The lowest BCUT2D eigenvalue weighted by molar-refractivity contribution is -0.321. The van der Waals surface area contributed by atoms with E-state index in [2.05, 4.69) is 23.9 Å². The third kappa shape index (κ3) is 6.08. The van der Waals surface area contributed by atoms with Crippen molar-refractivity contribution in [3.63, 3.8) is 0 Å². The Kier molecular flexibility index (Phi) is 10.8. The molecule has 20 atom stereocenters. The standard InChI is InChI=1S/2C23H31NO8/c2*1-24-7-6-23-11-3-5-14(30-22-19(29)18(28)17(27)15(9-25)31-22)21(23)32-20-13(26)4-2-10(16(20)23)8-12(11)24/h2*2,4,11-12,14-15,17-19,21-22,25-29H,3,5-9H2,1H3/t2*11-,12+,14-,15+,17+,18-,19+,21-,22?,23-/m00/s1. The van der Waals surface area contributed by atoms with E-state index >= 15 is 0 Å². The summed E-state index contributed by atoms with van der Waals surface area (Å²) in [4.78, 5) is 4.86. The highest BCUT2D eigenvalue weighted by molar-refractivity contribution is 5.62. The number of aromatic hydroxyl groups is 2. The van der Waals surface area contributed by atoms with Gasteiger partial charge in [0.2, 0.25) is 0 Å². The molecule has 4 aliphatic carbocycles. The maximum absolute atomic E-state index is 10.6. The molecule has 2 aromatic rings. The van der Waals surface area contributed by atoms with Gasteiger partial charge in [-0.15, -0.1) is 0 Å². The lowest BCUT2D eigenvalue weighted by Crippen LogP contribution is -2.67. The molecule has 352 valence electrons. The summed E-state index contributed by atoms with van der Waals surface area (Å²) in [5.41, 5.74) is 4.08. The number of ether oxygens (including phenoxy) is 6. The van der Waals surface area contributed by atoms with Crippen molar-refractivity contribution >= 4 is 0 Å². The number of phenolic OH excluding ortho intramolecular Hbond substituents is 2. The van der Waals surface area contributed by atoms with Crippen LogP contribution in [0.4, 0.5) is 0 Å². The van der Waals surface area contributed by atoms with Crippen LogP contribution in [-0.2, 0) is 42.6 Å². The minimum Gasteiger partial charge on any atom is -0.504 e. The molecular weight excluding hydrogens is 837 g/mol. The summed E-state index contributed by atoms with van der Waals surface area (Å²) in [6, 6.07) is 8.20. The fraction of sp³-hybridized carbons (Fsp3) is 0.739. The van der Waals surface area contributed by atoms with Crippen molar-refractivity contribution in [3.05, 3.63) is 46.5 Å². The predicted octanol–water partition coefficient (Wildman–Crippen LogP) is -1.51. The van der Waals surface area contributed by atoms with Gasteiger partial charge in [0.15, 0.2) is 35.6 Å². The number of nitrogens with zero attached hydrogens (tertiary/aromatic N) is 2. The minimum absolute atomic E-state index is 0.134. The van der Waals surface area contributed by atoms with E-state index in [1.807, 2.05) is 12.1 Å². The van der Waals surface area contributed by atoms with Gasteiger partial charge in [0.1, 0.15) is 61.0 Å². The summed E-state index contributed by atoms with van der Waals surface area (Å²) in [5.74, 6) is 2.10. The van der Waals surface area contributed by atoms with Gasteiger partial charge in [-0.05, 0) is 114 Å². The molecular formula is C46H62N2O16. The summed E-state index contributed by atoms with van der Waals surface area (Å²) in [6.45, 7) is 0.834. The highest BCUT2D eigenvalue weighted by Gasteiger charge is 2.68. The quantitative estimate of drug-likeness (QED) is 0.158. The normalized spacial score (nSPS) is 47.1. The van der Waals surface area contributed by atoms with Crippen molar-refractivity contribution < 1.29 is 79.5 Å². The molecule has 4 saturated heterocycles. The van der Waals surface area contributed by atoms with Gasteiger partial charge in [0.05, 0.1) is 25.4 Å². The second-order valence-corrected chi connectivity index (χ2v) is 20.2. The van der Waals surface area contributed by atoms with E-state index in [1.165, 1.54) is 11.1 Å². The molecule has 6 aliphatic heterocycles. The number of likely N-dealkylation sites (N-methyl/N-ethyl adjacent to an activating group) is 2. The molecule has 0 amide bonds. The van der Waals surface area contributed by atoms with Gasteiger partial charge in [0, 0.05) is 34.0 Å². The first kappa shape index (κ1) is 43.6. The zero-order valence-corrected chi connectivity index (χ0v) is 36.0. The van der Waals surface area contributed by atoms with E-state index in [-0.39, 0.29) is 34.5 Å². The van der Waals surface area contributed by atoms with E-state index in [9.17, 15) is 51.1 Å². The van der Waals surface area contributed by atoms with E-state index in [4.69, 9.17) is 28.4 Å². The van der Waals surface area contributed by atoms with Gasteiger partial charge >= 0.3 is 0 Å². The number of aliphatic hydroxyl groups excluding tert-OH is 8. The van der Waals surface area contributed by atoms with Gasteiger partial charge in [-0.3, -0.25) is 0 Å². The zero-order valence-electron chi connectivity index (χ0n) is 36.0. The lowest BCUT2D eigenvalue weighted by Gasteiger charge is -2.59. The van der Waals surface area contributed by atoms with Crippen LogP contribution in [0.5, 0.6) is 23.0 Å². The van der Waals surface area contributed by atoms with E-state index < -0.39 is 86.8 Å². The molecule has 10 aliphatic rings. The number of hydrogen-bond donors (Lipinski definition) is 10. The molecule has 12 rings (SSSR count). The van der Waals surface area contributed by atoms with Crippen molar-refractivity contribution in [1.82, 2.24) is 9.80 Å². The number of likely N-dealkylation sites (tertiary alicyclic amines) is 2. The molecule has 2 spiro atoms. The van der Waals surface area contributed by atoms with Gasteiger partial charge in [-0.1, -0.05) is 12.1 Å². The second kappa shape index (κ2) is 15.8. The van der Waals surface area contributed by atoms with E-state index in [1.54, 1.807) is 12.1 Å². The van der Waals surface area contributed by atoms with Crippen molar-refractivity contribution in [1.29, 1.82) is 0 Å².